The van der Waals surface area contributed by atoms with E-state index in [1.807, 2.05) is 0 Å². The Kier molecular flexibility index (Phi) is 7.26. The molecule has 1 saturated heterocycles. The van der Waals surface area contributed by atoms with E-state index in [2.05, 4.69) is 34.0 Å². The molecule has 188 valence electrons. The molecule has 3 rings (SSSR count). The van der Waals surface area contributed by atoms with E-state index in [1.54, 1.807) is 0 Å². The van der Waals surface area contributed by atoms with E-state index >= 15 is 0 Å². The summed E-state index contributed by atoms with van der Waals surface area (Å²) in [6.07, 6.45) is 2.09. The van der Waals surface area contributed by atoms with Crippen LogP contribution in [0.3, 0.4) is 0 Å². The minimum atomic E-state index is -5.74. The number of nitrogens with one attached hydrogen (secondary N) is 1. The third kappa shape index (κ3) is 5.62. The van der Waals surface area contributed by atoms with Crippen LogP contribution in [0, 0.1) is 17.0 Å². The van der Waals surface area contributed by atoms with Gasteiger partial charge in [-0.05, 0) is 0 Å². The second-order valence-corrected chi connectivity index (χ2v) is 11.5. The Balaban J connectivity index is 1.83. The fourth-order valence-corrected chi connectivity index (χ4v) is 6.27. The van der Waals surface area contributed by atoms with Gasteiger partial charge in [0.05, 0.1) is 12.9 Å². The van der Waals surface area contributed by atoms with Gasteiger partial charge in [0.2, 0.25) is 0 Å². The fraction of sp³-hybridized carbons (Fsp3) is 0.417. The van der Waals surface area contributed by atoms with E-state index in [-0.39, 0.29) is 21.8 Å². The molecule has 2 aromatic rings. The number of phosphoric acid groups is 3. The number of nitrogens with two attached hydrogens (primary N) is 2. The summed E-state index contributed by atoms with van der Waals surface area (Å²) in [4.78, 5) is 46.5. The summed E-state index contributed by atoms with van der Waals surface area (Å²) in [6.45, 7) is -0.992. The number of nitrogen functional groups attached to an aromatic ring is 1. The van der Waals surface area contributed by atoms with E-state index in [9.17, 15) is 28.6 Å². The van der Waals surface area contributed by atoms with Crippen LogP contribution >= 0.6 is 35.7 Å². The number of aliphatic hydroxyl groups is 1. The largest absolute Gasteiger partial charge is 0.490 e. The number of anilines is 1. The minimum Gasteiger partial charge on any atom is -0.387 e. The van der Waals surface area contributed by atoms with Crippen molar-refractivity contribution in [3.05, 3.63) is 11.0 Å². The van der Waals surface area contributed by atoms with Gasteiger partial charge < -0.3 is 45.9 Å². The molecule has 0 aromatic carbocycles. The average molecular weight is 562 g/mol. The zero-order valence-corrected chi connectivity index (χ0v) is 19.9. The highest BCUT2D eigenvalue weighted by Gasteiger charge is 2.55. The van der Waals surface area contributed by atoms with Crippen molar-refractivity contribution in [3.63, 3.8) is 0 Å². The fourth-order valence-electron chi connectivity index (χ4n) is 2.99. The van der Waals surface area contributed by atoms with Crippen LogP contribution in [0.4, 0.5) is 5.95 Å². The molecule has 3 heterocycles. The highest BCUT2D eigenvalue weighted by atomic mass is 32.1. The summed E-state index contributed by atoms with van der Waals surface area (Å²) in [5.41, 5.74) is 10.2. The van der Waals surface area contributed by atoms with Crippen LogP contribution in [0.25, 0.3) is 11.2 Å². The van der Waals surface area contributed by atoms with Crippen molar-refractivity contribution in [2.75, 3.05) is 12.3 Å². The Morgan fingerprint density at radius 3 is 2.53 bits per heavy atom. The molecule has 3 unspecified atom stereocenters. The van der Waals surface area contributed by atoms with Crippen LogP contribution in [0.1, 0.15) is 6.23 Å². The van der Waals surface area contributed by atoms with Crippen molar-refractivity contribution >= 4 is 52.8 Å². The van der Waals surface area contributed by atoms with Crippen LogP contribution in [0.2, 0.25) is 0 Å². The van der Waals surface area contributed by atoms with E-state index in [0.717, 1.165) is 0 Å². The highest BCUT2D eigenvalue weighted by Crippen LogP contribution is 2.66. The molecule has 0 spiro atoms. The summed E-state index contributed by atoms with van der Waals surface area (Å²) in [7, 11) is -16.8. The first-order chi connectivity index (χ1) is 15.5. The summed E-state index contributed by atoms with van der Waals surface area (Å²) in [6, 6.07) is 0. The summed E-state index contributed by atoms with van der Waals surface area (Å²) in [5.74, 6) is 2.09. The van der Waals surface area contributed by atoms with Crippen molar-refractivity contribution in [3.8, 4) is 12.3 Å². The molecule has 1 fully saturated rings. The molecule has 2 aromatic heterocycles. The number of H-pyrrole nitrogens is 1. The summed E-state index contributed by atoms with van der Waals surface area (Å²) < 4.78 is 52.7. The maximum Gasteiger partial charge on any atom is 0.490 e. The highest BCUT2D eigenvalue weighted by molar-refractivity contribution is 7.71. The van der Waals surface area contributed by atoms with Gasteiger partial charge in [-0.25, -0.2) is 23.7 Å². The molecular formula is C12H17N6O12P3S. The van der Waals surface area contributed by atoms with Crippen LogP contribution in [-0.4, -0.2) is 68.6 Å². The number of aromatic amines is 1. The van der Waals surface area contributed by atoms with Gasteiger partial charge in [-0.15, -0.1) is 6.42 Å². The van der Waals surface area contributed by atoms with Gasteiger partial charge >= 0.3 is 23.5 Å². The smallest absolute Gasteiger partial charge is 0.387 e. The molecule has 0 bridgehead atoms. The molecule has 10 N–H and O–H groups in total. The Bertz CT molecular complexity index is 1350. The van der Waals surface area contributed by atoms with Crippen LogP contribution in [-0.2, 0) is 31.6 Å². The third-order valence-corrected chi connectivity index (χ3v) is 8.43. The number of phosphoric ester groups is 1. The lowest BCUT2D eigenvalue weighted by atomic mass is 9.92. The first-order valence-electron chi connectivity index (χ1n) is 8.59. The predicted octanol–water partition coefficient (Wildman–Crippen LogP) is -0.997. The van der Waals surface area contributed by atoms with Gasteiger partial charge in [-0.2, -0.15) is 8.62 Å². The van der Waals surface area contributed by atoms with Crippen molar-refractivity contribution in [2.24, 2.45) is 5.73 Å². The standard InChI is InChI=1S/C12H17N6O12P3S/c1-2-12(14)7(19)5(3-27-32(23,24)30-33(25,26)29-31(20,21)22)28-10(12)18-4-15-6-8(18)16-11(13)17-9(6)34/h1,4-5,7,10,19H,3,14H2,(H,23,24)(H,25,26)(H2,20,21,22)(H3,13,16,17,34)/t5-,7+,10-,12?/m1/s1. The maximum absolute atomic E-state index is 12.0. The molecule has 18 nitrogen and oxygen atoms in total. The quantitative estimate of drug-likeness (QED) is 0.109. The maximum atomic E-state index is 12.0. The number of imidazole rings is 1. The second kappa shape index (κ2) is 9.13. The van der Waals surface area contributed by atoms with Crippen molar-refractivity contribution in [1.29, 1.82) is 0 Å². The summed E-state index contributed by atoms with van der Waals surface area (Å²) >= 11 is 5.08. The second-order valence-electron chi connectivity index (χ2n) is 6.71. The molecule has 1 aliphatic rings. The molecular weight excluding hydrogens is 545 g/mol. The topological polar surface area (TPSA) is 288 Å². The lowest BCUT2D eigenvalue weighted by Crippen LogP contribution is -2.53. The number of aliphatic hydroxyl groups excluding tert-OH is 1. The number of hydrogen-bond donors (Lipinski definition) is 8. The van der Waals surface area contributed by atoms with Gasteiger partial charge in [-0.1, -0.05) is 18.1 Å². The number of aromatic nitrogens is 4. The van der Waals surface area contributed by atoms with Crippen molar-refractivity contribution in [1.82, 2.24) is 19.5 Å². The van der Waals surface area contributed by atoms with E-state index in [0.29, 0.717) is 0 Å². The molecule has 0 amide bonds. The lowest BCUT2D eigenvalue weighted by molar-refractivity contribution is -0.0438. The van der Waals surface area contributed by atoms with Gasteiger partial charge in [0.25, 0.3) is 0 Å². The monoisotopic (exact) mass is 562 g/mol. The van der Waals surface area contributed by atoms with Gasteiger partial charge in [-0.3, -0.25) is 9.09 Å². The molecule has 0 radical (unpaired) electrons. The van der Waals surface area contributed by atoms with Crippen molar-refractivity contribution in [2.45, 2.75) is 24.0 Å². The SMILES string of the molecule is C#CC1(N)[C@@H](O)[C@@H](COP(=O)(O)OP(=O)(O)OP(=O)(O)O)O[C@H]1n1cnc2c(=S)nc(N)[nH]c21. The van der Waals surface area contributed by atoms with Gasteiger partial charge in [0.1, 0.15) is 23.4 Å². The number of fused-ring (bicyclic) bond motifs is 1. The van der Waals surface area contributed by atoms with E-state index in [1.165, 1.54) is 10.9 Å². The normalized spacial score (nSPS) is 28.9. The Morgan fingerprint density at radius 1 is 1.29 bits per heavy atom. The zero-order chi connectivity index (χ0) is 25.7. The lowest BCUT2D eigenvalue weighted by Gasteiger charge is -2.27. The first kappa shape index (κ1) is 27.0. The molecule has 0 aliphatic carbocycles. The van der Waals surface area contributed by atoms with Gasteiger partial charge in [0.15, 0.2) is 22.4 Å². The average Bonchev–Trinajstić information content (AvgIpc) is 3.17. The molecule has 34 heavy (non-hydrogen) atoms. The van der Waals surface area contributed by atoms with Crippen LogP contribution < -0.4 is 11.5 Å². The third-order valence-electron chi connectivity index (χ3n) is 4.34. The van der Waals surface area contributed by atoms with E-state index < -0.39 is 54.0 Å². The molecule has 0 saturated carbocycles. The number of ether oxygens (including phenoxy) is 1. The minimum absolute atomic E-state index is 0.0380. The Labute approximate surface area is 194 Å². The van der Waals surface area contributed by atoms with Gasteiger partial charge in [0, 0.05) is 0 Å². The molecule has 6 atom stereocenters. The van der Waals surface area contributed by atoms with E-state index in [4.69, 9.17) is 44.6 Å². The predicted molar refractivity (Wildman–Crippen MR) is 113 cm³/mol. The molecule has 22 heteroatoms. The Morgan fingerprint density at radius 2 is 1.94 bits per heavy atom. The van der Waals surface area contributed by atoms with Crippen molar-refractivity contribution < 1.29 is 56.3 Å². The first-order valence-corrected chi connectivity index (χ1v) is 13.5. The number of rotatable bonds is 8. The number of hydrogen-bond acceptors (Lipinski definition) is 13. The van der Waals surface area contributed by atoms with Crippen LogP contribution in [0.15, 0.2) is 6.33 Å². The zero-order valence-electron chi connectivity index (χ0n) is 16.4. The van der Waals surface area contributed by atoms with Crippen LogP contribution in [0.5, 0.6) is 0 Å². The molecule has 1 aliphatic heterocycles. The number of nitrogens with zero attached hydrogens (tertiary/aromatic N) is 3. The number of terminal acetylenes is 1. The summed E-state index contributed by atoms with van der Waals surface area (Å²) in [5, 5.41) is 10.6. The Hall–Kier alpha value is -1.58.